The quantitative estimate of drug-likeness (QED) is 0.338. The summed E-state index contributed by atoms with van der Waals surface area (Å²) in [6.45, 7) is 1.56. The van der Waals surface area contributed by atoms with E-state index in [-0.39, 0.29) is 11.3 Å². The van der Waals surface area contributed by atoms with E-state index in [1.54, 1.807) is 31.2 Å². The van der Waals surface area contributed by atoms with Crippen molar-refractivity contribution in [3.8, 4) is 0 Å². The minimum atomic E-state index is -3.66. The average Bonchev–Trinajstić information content (AvgIpc) is 3.13. The van der Waals surface area contributed by atoms with Gasteiger partial charge in [-0.2, -0.15) is 13.9 Å². The van der Waals surface area contributed by atoms with Crippen molar-refractivity contribution in [3.05, 3.63) is 82.8 Å². The molecule has 5 nitrogen and oxygen atoms in total. The third kappa shape index (κ3) is 4.81. The minimum Gasteiger partial charge on any atom is -0.320 e. The fraction of sp³-hybridized carbons (Fsp3) is 0.0952. The number of benzene rings is 2. The van der Waals surface area contributed by atoms with Gasteiger partial charge < -0.3 is 5.32 Å². The lowest BCUT2D eigenvalue weighted by Crippen LogP contribution is -2.15. The van der Waals surface area contributed by atoms with Crippen LogP contribution >= 0.6 is 35.0 Å². The van der Waals surface area contributed by atoms with Crippen molar-refractivity contribution in [3.63, 3.8) is 0 Å². The fourth-order valence-electron chi connectivity index (χ4n) is 2.89. The zero-order chi connectivity index (χ0) is 22.2. The molecule has 2 aromatic carbocycles. The Labute approximate surface area is 190 Å². The van der Waals surface area contributed by atoms with Gasteiger partial charge in [-0.05, 0) is 61.0 Å². The first-order valence-corrected chi connectivity index (χ1v) is 10.6. The summed E-state index contributed by atoms with van der Waals surface area (Å²) in [4.78, 5) is 18.7. The summed E-state index contributed by atoms with van der Waals surface area (Å²) < 4.78 is 28.4. The number of amides is 1. The van der Waals surface area contributed by atoms with E-state index in [1.165, 1.54) is 17.8 Å². The Morgan fingerprint density at radius 1 is 1.13 bits per heavy atom. The molecule has 0 saturated heterocycles. The maximum absolute atomic E-state index is 13.8. The van der Waals surface area contributed by atoms with Gasteiger partial charge in [0.15, 0.2) is 11.3 Å². The van der Waals surface area contributed by atoms with Crippen LogP contribution in [0.5, 0.6) is 0 Å². The summed E-state index contributed by atoms with van der Waals surface area (Å²) in [6, 6.07) is 17.0. The van der Waals surface area contributed by atoms with Crippen molar-refractivity contribution < 1.29 is 13.6 Å². The van der Waals surface area contributed by atoms with Gasteiger partial charge in [0, 0.05) is 26.6 Å². The summed E-state index contributed by atoms with van der Waals surface area (Å²) in [5.74, 6) is -0.559. The van der Waals surface area contributed by atoms with Crippen LogP contribution in [0.25, 0.3) is 5.65 Å². The summed E-state index contributed by atoms with van der Waals surface area (Å²) in [7, 11) is 0. The van der Waals surface area contributed by atoms with E-state index < -0.39 is 17.0 Å². The van der Waals surface area contributed by atoms with Gasteiger partial charge in [0.25, 0.3) is 5.91 Å². The van der Waals surface area contributed by atoms with E-state index >= 15 is 0 Å². The Hall–Kier alpha value is -2.68. The van der Waals surface area contributed by atoms with Crippen molar-refractivity contribution in [2.75, 3.05) is 5.32 Å². The van der Waals surface area contributed by atoms with Crippen molar-refractivity contribution in [1.82, 2.24) is 14.6 Å². The van der Waals surface area contributed by atoms with Gasteiger partial charge in [0.1, 0.15) is 5.69 Å². The molecular formula is C21H14Cl2F2N4OS. The molecule has 2 aromatic heterocycles. The van der Waals surface area contributed by atoms with Crippen molar-refractivity contribution in [2.45, 2.75) is 22.1 Å². The van der Waals surface area contributed by atoms with Crippen LogP contribution in [0.15, 0.2) is 70.5 Å². The van der Waals surface area contributed by atoms with E-state index in [0.717, 1.165) is 20.4 Å². The lowest BCUT2D eigenvalue weighted by atomic mass is 10.3. The minimum absolute atomic E-state index is 0.0634. The molecule has 0 saturated carbocycles. The summed E-state index contributed by atoms with van der Waals surface area (Å²) in [5.41, 5.74) is 0.362. The highest BCUT2D eigenvalue weighted by molar-refractivity contribution is 7.99. The predicted octanol–water partition coefficient (Wildman–Crippen LogP) is 6.38. The Kier molecular flexibility index (Phi) is 5.88. The van der Waals surface area contributed by atoms with Gasteiger partial charge in [-0.15, -0.1) is 0 Å². The van der Waals surface area contributed by atoms with Crippen molar-refractivity contribution in [1.29, 1.82) is 0 Å². The number of aromatic nitrogens is 3. The number of nitrogens with zero attached hydrogens (tertiary/aromatic N) is 3. The molecule has 4 aromatic rings. The van der Waals surface area contributed by atoms with Crippen LogP contribution in [0.3, 0.4) is 0 Å². The molecule has 0 unspecified atom stereocenters. The molecule has 0 bridgehead atoms. The van der Waals surface area contributed by atoms with Crippen LogP contribution in [0, 0.1) is 6.92 Å². The standard InChI is InChI=1S/C21H14Cl2F2N4OS/c1-12-10-18(21(23,24)25)29-19(26-12)11-16(28-29)20(30)27-15-4-2-3-5-17(15)31-14-8-6-13(22)7-9-14/h2-11H,1H3,(H,27,30). The molecule has 1 N–H and O–H groups in total. The number of aryl methyl sites for hydroxylation is 1. The molecule has 31 heavy (non-hydrogen) atoms. The van der Waals surface area contributed by atoms with Crippen LogP contribution in [0.4, 0.5) is 14.5 Å². The topological polar surface area (TPSA) is 59.3 Å². The smallest absolute Gasteiger partial charge is 0.320 e. The Morgan fingerprint density at radius 2 is 1.84 bits per heavy atom. The van der Waals surface area contributed by atoms with Gasteiger partial charge in [0.05, 0.1) is 5.69 Å². The monoisotopic (exact) mass is 478 g/mol. The average molecular weight is 479 g/mol. The highest BCUT2D eigenvalue weighted by atomic mass is 35.5. The predicted molar refractivity (Wildman–Crippen MR) is 117 cm³/mol. The first kappa shape index (κ1) is 21.5. The number of fused-ring (bicyclic) bond motifs is 1. The zero-order valence-corrected chi connectivity index (χ0v) is 18.3. The van der Waals surface area contributed by atoms with Crippen LogP contribution in [-0.4, -0.2) is 20.5 Å². The molecule has 0 fully saturated rings. The maximum Gasteiger partial charge on any atom is 0.364 e. The molecule has 158 valence electrons. The number of halogens is 4. The number of anilines is 1. The zero-order valence-electron chi connectivity index (χ0n) is 15.9. The molecule has 10 heteroatoms. The molecule has 0 spiro atoms. The molecule has 0 aliphatic carbocycles. The van der Waals surface area contributed by atoms with Gasteiger partial charge in [-0.25, -0.2) is 9.50 Å². The lowest BCUT2D eigenvalue weighted by molar-refractivity contribution is 0.0868. The number of nitrogens with one attached hydrogen (secondary N) is 1. The first-order valence-electron chi connectivity index (χ1n) is 8.99. The maximum atomic E-state index is 13.8. The number of carbonyl (C=O) groups is 1. The van der Waals surface area contributed by atoms with Crippen LogP contribution in [0.2, 0.25) is 5.02 Å². The number of hydrogen-bond donors (Lipinski definition) is 1. The second-order valence-corrected chi connectivity index (χ2v) is 8.61. The normalized spacial score (nSPS) is 11.6. The molecule has 0 atom stereocenters. The Morgan fingerprint density at radius 3 is 2.55 bits per heavy atom. The van der Waals surface area contributed by atoms with E-state index in [9.17, 15) is 13.6 Å². The summed E-state index contributed by atoms with van der Waals surface area (Å²) in [5, 5.41) is 3.75. The first-order chi connectivity index (χ1) is 14.7. The van der Waals surface area contributed by atoms with Crippen LogP contribution < -0.4 is 5.32 Å². The summed E-state index contributed by atoms with van der Waals surface area (Å²) in [6.07, 6.45) is 0. The number of para-hydroxylation sites is 1. The number of rotatable bonds is 5. The van der Waals surface area contributed by atoms with Crippen LogP contribution in [-0.2, 0) is 5.38 Å². The molecule has 2 heterocycles. The number of alkyl halides is 3. The molecule has 0 aliphatic heterocycles. The van der Waals surface area contributed by atoms with Crippen molar-refractivity contribution in [2.24, 2.45) is 0 Å². The molecule has 0 radical (unpaired) electrons. The fourth-order valence-corrected chi connectivity index (χ4v) is 4.05. The molecular weight excluding hydrogens is 465 g/mol. The second-order valence-electron chi connectivity index (χ2n) is 6.59. The van der Waals surface area contributed by atoms with Crippen molar-refractivity contribution >= 4 is 52.2 Å². The second kappa shape index (κ2) is 8.45. The number of carbonyl (C=O) groups excluding carboxylic acids is 1. The number of hydrogen-bond acceptors (Lipinski definition) is 4. The van der Waals surface area contributed by atoms with Gasteiger partial charge in [0.2, 0.25) is 0 Å². The lowest BCUT2D eigenvalue weighted by Gasteiger charge is -2.11. The SMILES string of the molecule is Cc1cc(C(F)(F)Cl)n2nc(C(=O)Nc3ccccc3Sc3ccc(Cl)cc3)cc2n1. The third-order valence-electron chi connectivity index (χ3n) is 4.26. The van der Waals surface area contributed by atoms with E-state index in [2.05, 4.69) is 15.4 Å². The molecule has 1 amide bonds. The van der Waals surface area contributed by atoms with E-state index in [4.69, 9.17) is 23.2 Å². The molecule has 0 aliphatic rings. The highest BCUT2D eigenvalue weighted by Gasteiger charge is 2.32. The largest absolute Gasteiger partial charge is 0.364 e. The van der Waals surface area contributed by atoms with Crippen LogP contribution in [0.1, 0.15) is 21.9 Å². The van der Waals surface area contributed by atoms with Gasteiger partial charge in [-0.1, -0.05) is 35.5 Å². The Bertz CT molecular complexity index is 1270. The van der Waals surface area contributed by atoms with E-state index in [0.29, 0.717) is 16.4 Å². The Balaban J connectivity index is 1.63. The summed E-state index contributed by atoms with van der Waals surface area (Å²) >= 11 is 12.6. The molecule has 4 rings (SSSR count). The van der Waals surface area contributed by atoms with Gasteiger partial charge in [-0.3, -0.25) is 4.79 Å². The third-order valence-corrected chi connectivity index (χ3v) is 5.78. The van der Waals surface area contributed by atoms with Gasteiger partial charge >= 0.3 is 5.38 Å². The van der Waals surface area contributed by atoms with E-state index in [1.807, 2.05) is 24.3 Å². The highest BCUT2D eigenvalue weighted by Crippen LogP contribution is 2.35.